The summed E-state index contributed by atoms with van der Waals surface area (Å²) in [6.07, 6.45) is -0.0101. The predicted octanol–water partition coefficient (Wildman–Crippen LogP) is 1.60. The minimum atomic E-state index is -0.455. The first-order valence-corrected chi connectivity index (χ1v) is 6.90. The molecule has 0 bridgehead atoms. The van der Waals surface area contributed by atoms with Crippen LogP contribution in [-0.2, 0) is 4.74 Å². The number of hydrogen-bond donors (Lipinski definition) is 1. The Morgan fingerprint density at radius 2 is 2.43 bits per heavy atom. The fraction of sp³-hybridized carbons (Fsp3) is 0.500. The molecule has 7 nitrogen and oxygen atoms in total. The zero-order chi connectivity index (χ0) is 15.2. The van der Waals surface area contributed by atoms with Gasteiger partial charge in [-0.2, -0.15) is 5.26 Å². The maximum atomic E-state index is 11.0. The Labute approximate surface area is 123 Å². The number of likely N-dealkylation sites (N-methyl/N-ethyl adjacent to an activating group) is 1. The van der Waals surface area contributed by atoms with Gasteiger partial charge in [-0.1, -0.05) is 6.92 Å². The summed E-state index contributed by atoms with van der Waals surface area (Å²) in [5, 5.41) is 22.9. The van der Waals surface area contributed by atoms with Gasteiger partial charge < -0.3 is 10.1 Å². The monoisotopic (exact) mass is 290 g/mol. The molecule has 1 unspecified atom stereocenters. The Bertz CT molecular complexity index is 556. The molecule has 1 N–H and O–H groups in total. The molecule has 21 heavy (non-hydrogen) atoms. The van der Waals surface area contributed by atoms with E-state index in [0.717, 1.165) is 19.6 Å². The third-order valence-corrected chi connectivity index (χ3v) is 3.51. The van der Waals surface area contributed by atoms with Gasteiger partial charge in [-0.3, -0.25) is 15.0 Å². The van der Waals surface area contributed by atoms with E-state index in [0.29, 0.717) is 24.4 Å². The minimum Gasteiger partial charge on any atom is -0.377 e. The molecule has 2 rings (SSSR count). The Balaban J connectivity index is 2.05. The van der Waals surface area contributed by atoms with E-state index >= 15 is 0 Å². The second kappa shape index (κ2) is 7.02. The van der Waals surface area contributed by atoms with Gasteiger partial charge in [-0.25, -0.2) is 0 Å². The van der Waals surface area contributed by atoms with Gasteiger partial charge in [0.25, 0.3) is 5.69 Å². The lowest BCUT2D eigenvalue weighted by Gasteiger charge is -2.32. The zero-order valence-corrected chi connectivity index (χ0v) is 11.9. The standard InChI is InChI=1S/C14H18N4O3/c1-2-17-5-6-21-12(10-17)9-16-13-7-11(8-15)3-4-14(13)18(19)20/h3-4,7,12,16H,2,5-6,9-10H2,1H3. The van der Waals surface area contributed by atoms with E-state index in [4.69, 9.17) is 10.00 Å². The average Bonchev–Trinajstić information content (AvgIpc) is 2.52. The minimum absolute atomic E-state index is 0.0101. The summed E-state index contributed by atoms with van der Waals surface area (Å²) in [6.45, 7) is 5.92. The number of hydrogen-bond acceptors (Lipinski definition) is 6. The van der Waals surface area contributed by atoms with Gasteiger partial charge in [0, 0.05) is 25.7 Å². The Morgan fingerprint density at radius 3 is 3.10 bits per heavy atom. The van der Waals surface area contributed by atoms with Crippen molar-refractivity contribution >= 4 is 11.4 Å². The highest BCUT2D eigenvalue weighted by Crippen LogP contribution is 2.25. The molecule has 0 aliphatic carbocycles. The molecule has 0 spiro atoms. The number of nitrogens with zero attached hydrogens (tertiary/aromatic N) is 3. The number of nitrogens with one attached hydrogen (secondary N) is 1. The van der Waals surface area contributed by atoms with Crippen molar-refractivity contribution in [2.45, 2.75) is 13.0 Å². The van der Waals surface area contributed by atoms with Crippen LogP contribution in [0.1, 0.15) is 12.5 Å². The number of nitro benzene ring substituents is 1. The lowest BCUT2D eigenvalue weighted by Crippen LogP contribution is -2.45. The molecule has 0 amide bonds. The fourth-order valence-electron chi connectivity index (χ4n) is 2.32. The number of benzene rings is 1. The molecule has 1 atom stereocenters. The molecule has 1 aromatic carbocycles. The van der Waals surface area contributed by atoms with Crippen molar-refractivity contribution in [2.24, 2.45) is 0 Å². The van der Waals surface area contributed by atoms with E-state index in [9.17, 15) is 10.1 Å². The number of anilines is 1. The molecule has 1 aliphatic rings. The maximum absolute atomic E-state index is 11.0. The first kappa shape index (κ1) is 15.2. The van der Waals surface area contributed by atoms with Gasteiger partial charge in [0.15, 0.2) is 0 Å². The average molecular weight is 290 g/mol. The van der Waals surface area contributed by atoms with E-state index in [1.54, 1.807) is 0 Å². The zero-order valence-electron chi connectivity index (χ0n) is 11.9. The van der Waals surface area contributed by atoms with Crippen LogP contribution in [0.3, 0.4) is 0 Å². The van der Waals surface area contributed by atoms with Crippen LogP contribution in [0, 0.1) is 21.4 Å². The van der Waals surface area contributed by atoms with E-state index in [1.165, 1.54) is 18.2 Å². The van der Waals surface area contributed by atoms with E-state index in [2.05, 4.69) is 17.1 Å². The lowest BCUT2D eigenvalue weighted by atomic mass is 10.1. The number of morpholine rings is 1. The SMILES string of the molecule is CCN1CCOC(CNc2cc(C#N)ccc2[N+](=O)[O-])C1. The number of nitro groups is 1. The van der Waals surface area contributed by atoms with Gasteiger partial charge in [0.05, 0.1) is 29.3 Å². The molecule has 0 radical (unpaired) electrons. The molecule has 112 valence electrons. The predicted molar refractivity (Wildman–Crippen MR) is 78.2 cm³/mol. The van der Waals surface area contributed by atoms with Crippen LogP contribution in [0.15, 0.2) is 18.2 Å². The van der Waals surface area contributed by atoms with Crippen LogP contribution < -0.4 is 5.32 Å². The summed E-state index contributed by atoms with van der Waals surface area (Å²) in [7, 11) is 0. The van der Waals surface area contributed by atoms with Crippen molar-refractivity contribution in [1.82, 2.24) is 4.90 Å². The highest BCUT2D eigenvalue weighted by atomic mass is 16.6. The quantitative estimate of drug-likeness (QED) is 0.654. The summed E-state index contributed by atoms with van der Waals surface area (Å²) < 4.78 is 5.65. The van der Waals surface area contributed by atoms with Crippen LogP contribution in [0.2, 0.25) is 0 Å². The molecule has 7 heteroatoms. The molecular formula is C14H18N4O3. The number of nitriles is 1. The molecule has 0 saturated carbocycles. The molecule has 0 aromatic heterocycles. The molecule has 1 aromatic rings. The second-order valence-corrected chi connectivity index (χ2v) is 4.87. The molecular weight excluding hydrogens is 272 g/mol. The normalized spacial score (nSPS) is 19.0. The summed E-state index contributed by atoms with van der Waals surface area (Å²) >= 11 is 0. The van der Waals surface area contributed by atoms with Gasteiger partial charge in [0.2, 0.25) is 0 Å². The highest BCUT2D eigenvalue weighted by Gasteiger charge is 2.21. The van der Waals surface area contributed by atoms with E-state index in [-0.39, 0.29) is 11.8 Å². The van der Waals surface area contributed by atoms with Crippen LogP contribution >= 0.6 is 0 Å². The largest absolute Gasteiger partial charge is 0.377 e. The Kier molecular flexibility index (Phi) is 5.09. The third-order valence-electron chi connectivity index (χ3n) is 3.51. The van der Waals surface area contributed by atoms with Gasteiger partial charge >= 0.3 is 0 Å². The summed E-state index contributed by atoms with van der Waals surface area (Å²) in [4.78, 5) is 12.8. The fourth-order valence-corrected chi connectivity index (χ4v) is 2.32. The van der Waals surface area contributed by atoms with E-state index in [1.807, 2.05) is 6.07 Å². The van der Waals surface area contributed by atoms with Crippen molar-refractivity contribution in [3.05, 3.63) is 33.9 Å². The first-order chi connectivity index (χ1) is 10.1. The van der Waals surface area contributed by atoms with Crippen molar-refractivity contribution in [3.8, 4) is 6.07 Å². The molecule has 1 fully saturated rings. The number of ether oxygens (including phenoxy) is 1. The third kappa shape index (κ3) is 3.90. The molecule has 1 aliphatic heterocycles. The smallest absolute Gasteiger partial charge is 0.292 e. The van der Waals surface area contributed by atoms with Crippen molar-refractivity contribution in [3.63, 3.8) is 0 Å². The summed E-state index contributed by atoms with van der Waals surface area (Å²) in [5.74, 6) is 0. The van der Waals surface area contributed by atoms with E-state index < -0.39 is 4.92 Å². The van der Waals surface area contributed by atoms with Gasteiger partial charge in [0.1, 0.15) is 5.69 Å². The topological polar surface area (TPSA) is 91.4 Å². The molecule has 1 saturated heterocycles. The van der Waals surface area contributed by atoms with Crippen LogP contribution in [0.4, 0.5) is 11.4 Å². The number of rotatable bonds is 5. The van der Waals surface area contributed by atoms with Gasteiger partial charge in [-0.15, -0.1) is 0 Å². The summed E-state index contributed by atoms with van der Waals surface area (Å²) in [6, 6.07) is 6.28. The van der Waals surface area contributed by atoms with Crippen molar-refractivity contribution in [1.29, 1.82) is 5.26 Å². The van der Waals surface area contributed by atoms with Gasteiger partial charge in [-0.05, 0) is 18.7 Å². The Hall–Kier alpha value is -2.17. The Morgan fingerprint density at radius 1 is 1.62 bits per heavy atom. The van der Waals surface area contributed by atoms with Crippen LogP contribution in [0.5, 0.6) is 0 Å². The summed E-state index contributed by atoms with van der Waals surface area (Å²) in [5.41, 5.74) is 0.719. The second-order valence-electron chi connectivity index (χ2n) is 4.87. The van der Waals surface area contributed by atoms with Crippen LogP contribution in [-0.4, -0.2) is 48.7 Å². The first-order valence-electron chi connectivity index (χ1n) is 6.90. The van der Waals surface area contributed by atoms with Crippen LogP contribution in [0.25, 0.3) is 0 Å². The molecule has 1 heterocycles. The maximum Gasteiger partial charge on any atom is 0.292 e. The van der Waals surface area contributed by atoms with Crippen molar-refractivity contribution in [2.75, 3.05) is 38.1 Å². The van der Waals surface area contributed by atoms with Crippen molar-refractivity contribution < 1.29 is 9.66 Å². The highest BCUT2D eigenvalue weighted by molar-refractivity contribution is 5.64. The lowest BCUT2D eigenvalue weighted by molar-refractivity contribution is -0.384.